The van der Waals surface area contributed by atoms with Crippen molar-refractivity contribution in [2.75, 3.05) is 5.32 Å². The van der Waals surface area contributed by atoms with E-state index in [1.54, 1.807) is 0 Å². The zero-order valence-corrected chi connectivity index (χ0v) is 15.9. The van der Waals surface area contributed by atoms with Crippen LogP contribution in [0.2, 0.25) is 0 Å². The van der Waals surface area contributed by atoms with Crippen molar-refractivity contribution in [1.82, 2.24) is 20.2 Å². The van der Waals surface area contributed by atoms with Crippen LogP contribution in [0.4, 0.5) is 10.8 Å². The number of nitrogens with zero attached hydrogens (tertiary/aromatic N) is 3. The van der Waals surface area contributed by atoms with E-state index in [-0.39, 0.29) is 5.56 Å². The molecule has 130 valence electrons. The molecule has 0 aliphatic rings. The summed E-state index contributed by atoms with van der Waals surface area (Å²) in [6, 6.07) is 7.77. The average molecular weight is 374 g/mol. The van der Waals surface area contributed by atoms with Gasteiger partial charge in [-0.2, -0.15) is 0 Å². The molecule has 3 aromatic rings. The summed E-state index contributed by atoms with van der Waals surface area (Å²) in [5.74, 6) is 1.30. The third-order valence-electron chi connectivity index (χ3n) is 3.55. The minimum Gasteiger partial charge on any atom is -0.330 e. The predicted octanol–water partition coefficient (Wildman–Crippen LogP) is 3.84. The molecule has 6 nitrogen and oxygen atoms in total. The second-order valence-electron chi connectivity index (χ2n) is 5.64. The Balaban J connectivity index is 1.66. The molecule has 0 aliphatic carbocycles. The minimum atomic E-state index is -0.114. The molecule has 8 heteroatoms. The van der Waals surface area contributed by atoms with Gasteiger partial charge in [-0.1, -0.05) is 47.7 Å². The SMILES string of the molecule is CCc1nc(CSc2nnc(Nc3ccc(C)cc3C)s2)cc(=O)[nH]1. The fourth-order valence-corrected chi connectivity index (χ4v) is 3.98. The van der Waals surface area contributed by atoms with Crippen LogP contribution in [0, 0.1) is 13.8 Å². The summed E-state index contributed by atoms with van der Waals surface area (Å²) >= 11 is 3.02. The quantitative estimate of drug-likeness (QED) is 0.639. The number of aromatic amines is 1. The van der Waals surface area contributed by atoms with Crippen molar-refractivity contribution in [3.8, 4) is 0 Å². The van der Waals surface area contributed by atoms with Crippen molar-refractivity contribution >= 4 is 33.9 Å². The van der Waals surface area contributed by atoms with E-state index in [1.165, 1.54) is 40.3 Å². The molecule has 0 saturated heterocycles. The van der Waals surface area contributed by atoms with Gasteiger partial charge in [-0.25, -0.2) is 4.98 Å². The zero-order chi connectivity index (χ0) is 17.8. The molecule has 0 fully saturated rings. The molecule has 0 unspecified atom stereocenters. The first-order valence-corrected chi connectivity index (χ1v) is 9.73. The largest absolute Gasteiger partial charge is 0.330 e. The summed E-state index contributed by atoms with van der Waals surface area (Å²) < 4.78 is 0.840. The van der Waals surface area contributed by atoms with Gasteiger partial charge in [0.25, 0.3) is 5.56 Å². The Labute approximate surface area is 154 Å². The number of hydrogen-bond acceptors (Lipinski definition) is 7. The smallest absolute Gasteiger partial charge is 0.251 e. The fourth-order valence-electron chi connectivity index (χ4n) is 2.33. The lowest BCUT2D eigenvalue weighted by atomic mass is 10.1. The molecule has 0 amide bonds. The third-order valence-corrected chi connectivity index (χ3v) is 5.56. The molecular weight excluding hydrogens is 354 g/mol. The normalized spacial score (nSPS) is 10.8. The monoisotopic (exact) mass is 373 g/mol. The molecule has 0 radical (unpaired) electrons. The summed E-state index contributed by atoms with van der Waals surface area (Å²) in [7, 11) is 0. The number of aromatic nitrogens is 4. The van der Waals surface area contributed by atoms with E-state index < -0.39 is 0 Å². The van der Waals surface area contributed by atoms with Crippen LogP contribution >= 0.6 is 23.1 Å². The van der Waals surface area contributed by atoms with E-state index in [0.29, 0.717) is 18.0 Å². The van der Waals surface area contributed by atoms with Crippen LogP contribution < -0.4 is 10.9 Å². The van der Waals surface area contributed by atoms with Crippen LogP contribution in [0.3, 0.4) is 0 Å². The van der Waals surface area contributed by atoms with Crippen molar-refractivity contribution < 1.29 is 0 Å². The van der Waals surface area contributed by atoms with Gasteiger partial charge < -0.3 is 10.3 Å². The minimum absolute atomic E-state index is 0.114. The summed E-state index contributed by atoms with van der Waals surface area (Å²) in [6.45, 7) is 6.10. The molecule has 0 spiro atoms. The van der Waals surface area contributed by atoms with Crippen LogP contribution in [0.1, 0.15) is 29.6 Å². The number of nitrogens with one attached hydrogen (secondary N) is 2. The maximum absolute atomic E-state index is 11.6. The van der Waals surface area contributed by atoms with Crippen LogP contribution in [0.25, 0.3) is 0 Å². The lowest BCUT2D eigenvalue weighted by molar-refractivity contribution is 0.894. The Morgan fingerprint density at radius 3 is 2.84 bits per heavy atom. The second kappa shape index (κ2) is 7.79. The molecule has 1 aromatic carbocycles. The molecule has 0 atom stereocenters. The molecule has 2 aromatic heterocycles. The van der Waals surface area contributed by atoms with Crippen LogP contribution in [0.15, 0.2) is 33.4 Å². The lowest BCUT2D eigenvalue weighted by Gasteiger charge is -2.06. The van der Waals surface area contributed by atoms with Gasteiger partial charge in [0.2, 0.25) is 5.13 Å². The van der Waals surface area contributed by atoms with E-state index in [9.17, 15) is 4.79 Å². The topological polar surface area (TPSA) is 83.6 Å². The number of thioether (sulfide) groups is 1. The summed E-state index contributed by atoms with van der Waals surface area (Å²) in [6.07, 6.45) is 0.705. The number of rotatable bonds is 6. The van der Waals surface area contributed by atoms with Crippen LogP contribution in [-0.2, 0) is 12.2 Å². The van der Waals surface area contributed by atoms with E-state index in [1.807, 2.05) is 13.0 Å². The highest BCUT2D eigenvalue weighted by molar-refractivity contribution is 8.00. The first-order chi connectivity index (χ1) is 12.0. The Hall–Kier alpha value is -2.19. The number of H-pyrrole nitrogens is 1. The van der Waals surface area contributed by atoms with Gasteiger partial charge in [-0.3, -0.25) is 4.79 Å². The highest BCUT2D eigenvalue weighted by atomic mass is 32.2. The lowest BCUT2D eigenvalue weighted by Crippen LogP contribution is -2.11. The van der Waals surface area contributed by atoms with Gasteiger partial charge in [0.15, 0.2) is 4.34 Å². The van der Waals surface area contributed by atoms with E-state index in [0.717, 1.165) is 20.9 Å². The van der Waals surface area contributed by atoms with Crippen molar-refractivity contribution in [2.24, 2.45) is 0 Å². The molecule has 25 heavy (non-hydrogen) atoms. The molecular formula is C17H19N5OS2. The Morgan fingerprint density at radius 1 is 1.24 bits per heavy atom. The maximum Gasteiger partial charge on any atom is 0.251 e. The first kappa shape index (κ1) is 17.6. The summed E-state index contributed by atoms with van der Waals surface area (Å²) in [4.78, 5) is 18.8. The van der Waals surface area contributed by atoms with E-state index in [4.69, 9.17) is 0 Å². The molecule has 3 rings (SSSR count). The standard InChI is InChI=1S/C17H19N5OS2/c1-4-14-18-12(8-15(23)20-14)9-24-17-22-21-16(25-17)19-13-6-5-10(2)7-11(13)3/h5-8H,4,9H2,1-3H3,(H,19,21)(H,18,20,23). The van der Waals surface area contributed by atoms with Crippen molar-refractivity contribution in [1.29, 1.82) is 0 Å². The Kier molecular flexibility index (Phi) is 5.50. The number of anilines is 2. The van der Waals surface area contributed by atoms with E-state index >= 15 is 0 Å². The van der Waals surface area contributed by atoms with Gasteiger partial charge in [0, 0.05) is 23.9 Å². The van der Waals surface area contributed by atoms with Crippen molar-refractivity contribution in [3.63, 3.8) is 0 Å². The Bertz CT molecular complexity index is 935. The third kappa shape index (κ3) is 4.67. The second-order valence-corrected chi connectivity index (χ2v) is 7.84. The molecule has 2 N–H and O–H groups in total. The zero-order valence-electron chi connectivity index (χ0n) is 14.3. The predicted molar refractivity (Wildman–Crippen MR) is 103 cm³/mol. The number of aryl methyl sites for hydroxylation is 3. The van der Waals surface area contributed by atoms with E-state index in [2.05, 4.69) is 51.5 Å². The number of hydrogen-bond donors (Lipinski definition) is 2. The molecule has 0 bridgehead atoms. The maximum atomic E-state index is 11.6. The fraction of sp³-hybridized carbons (Fsp3) is 0.294. The highest BCUT2D eigenvalue weighted by Crippen LogP contribution is 2.30. The van der Waals surface area contributed by atoms with Gasteiger partial charge >= 0.3 is 0 Å². The van der Waals surface area contributed by atoms with Gasteiger partial charge in [-0.15, -0.1) is 10.2 Å². The first-order valence-electron chi connectivity index (χ1n) is 7.93. The van der Waals surface area contributed by atoms with Crippen molar-refractivity contribution in [3.05, 3.63) is 57.3 Å². The number of benzene rings is 1. The molecule has 0 aliphatic heterocycles. The van der Waals surface area contributed by atoms with Gasteiger partial charge in [0.05, 0.1) is 5.69 Å². The summed E-state index contributed by atoms with van der Waals surface area (Å²) in [5, 5.41) is 12.4. The highest BCUT2D eigenvalue weighted by Gasteiger charge is 2.08. The average Bonchev–Trinajstić information content (AvgIpc) is 3.02. The molecule has 2 heterocycles. The summed E-state index contributed by atoms with van der Waals surface area (Å²) in [5.41, 5.74) is 4.07. The Morgan fingerprint density at radius 2 is 2.08 bits per heavy atom. The van der Waals surface area contributed by atoms with Crippen molar-refractivity contribution in [2.45, 2.75) is 37.3 Å². The van der Waals surface area contributed by atoms with Crippen LogP contribution in [-0.4, -0.2) is 20.2 Å². The van der Waals surface area contributed by atoms with Gasteiger partial charge in [-0.05, 0) is 25.5 Å². The van der Waals surface area contributed by atoms with Gasteiger partial charge in [0.1, 0.15) is 5.82 Å². The molecule has 0 saturated carbocycles. The van der Waals surface area contributed by atoms with Crippen LogP contribution in [0.5, 0.6) is 0 Å².